The van der Waals surface area contributed by atoms with Gasteiger partial charge in [0.15, 0.2) is 11.7 Å². The topological polar surface area (TPSA) is 49.8 Å². The Labute approximate surface area is 158 Å². The molecule has 0 aliphatic carbocycles. The predicted octanol–water partition coefficient (Wildman–Crippen LogP) is 3.90. The minimum atomic E-state index is -4.43. The maximum absolute atomic E-state index is 12.6. The fraction of sp³-hybridized carbons (Fsp3) is 0.375. The lowest BCUT2D eigenvalue weighted by Gasteiger charge is -2.21. The number of hydrogen-bond acceptors (Lipinski definition) is 4. The molecule has 0 fully saturated rings. The molecule has 0 saturated carbocycles. The molecule has 0 unspecified atom stereocenters. The van der Waals surface area contributed by atoms with Crippen LogP contribution in [0.4, 0.5) is 13.2 Å². The fourth-order valence-corrected chi connectivity index (χ4v) is 2.95. The molecule has 0 radical (unpaired) electrons. The third-order valence-electron chi connectivity index (χ3n) is 3.30. The number of aromatic nitrogens is 1. The zero-order valence-corrected chi connectivity index (χ0v) is 15.8. The maximum atomic E-state index is 12.6. The summed E-state index contributed by atoms with van der Waals surface area (Å²) >= 11 is 6.85. The smallest absolute Gasteiger partial charge is 0.434 e. The summed E-state index contributed by atoms with van der Waals surface area (Å²) in [5.41, 5.74) is -0.877. The molecule has 1 aromatic carbocycles. The number of halogens is 4. The monoisotopic (exact) mass is 406 g/mol. The number of thiazole rings is 1. The van der Waals surface area contributed by atoms with Gasteiger partial charge < -0.3 is 15.0 Å². The van der Waals surface area contributed by atoms with Crippen molar-refractivity contribution in [3.8, 4) is 5.75 Å². The SMILES string of the molecule is CN=C(NCc1nc(C(F)(F)F)cs1)N(C)CCOc1cccc(Cl)c1. The van der Waals surface area contributed by atoms with E-state index in [0.29, 0.717) is 34.9 Å². The van der Waals surface area contributed by atoms with Crippen LogP contribution >= 0.6 is 22.9 Å². The van der Waals surface area contributed by atoms with Gasteiger partial charge in [-0.05, 0) is 18.2 Å². The van der Waals surface area contributed by atoms with Gasteiger partial charge in [-0.2, -0.15) is 13.2 Å². The molecule has 1 N–H and O–H groups in total. The van der Waals surface area contributed by atoms with Crippen LogP contribution in [0.25, 0.3) is 0 Å². The van der Waals surface area contributed by atoms with E-state index in [4.69, 9.17) is 16.3 Å². The standard InChI is InChI=1S/C16H18ClF3N4OS/c1-21-15(22-9-14-23-13(10-26-14)16(18,19)20)24(2)6-7-25-12-5-3-4-11(17)8-12/h3-5,8,10H,6-7,9H2,1-2H3,(H,21,22). The highest BCUT2D eigenvalue weighted by atomic mass is 35.5. The molecule has 1 aromatic heterocycles. The Balaban J connectivity index is 1.81. The normalized spacial score (nSPS) is 12.2. The Hall–Kier alpha value is -2.00. The Morgan fingerprint density at radius 3 is 2.81 bits per heavy atom. The van der Waals surface area contributed by atoms with Crippen LogP contribution in [-0.4, -0.2) is 43.1 Å². The second-order valence-electron chi connectivity index (χ2n) is 5.25. The van der Waals surface area contributed by atoms with Gasteiger partial charge in [0.2, 0.25) is 0 Å². The summed E-state index contributed by atoms with van der Waals surface area (Å²) in [6, 6.07) is 7.08. The van der Waals surface area contributed by atoms with Gasteiger partial charge in [0.25, 0.3) is 0 Å². The Morgan fingerprint density at radius 2 is 2.19 bits per heavy atom. The van der Waals surface area contributed by atoms with E-state index in [9.17, 15) is 13.2 Å². The van der Waals surface area contributed by atoms with Gasteiger partial charge in [0, 0.05) is 24.5 Å². The molecular weight excluding hydrogens is 389 g/mol. The molecule has 0 aliphatic heterocycles. The highest BCUT2D eigenvalue weighted by Crippen LogP contribution is 2.29. The van der Waals surface area contributed by atoms with E-state index in [0.717, 1.165) is 16.7 Å². The largest absolute Gasteiger partial charge is 0.492 e. The average Bonchev–Trinajstić information content (AvgIpc) is 3.05. The van der Waals surface area contributed by atoms with E-state index >= 15 is 0 Å². The van der Waals surface area contributed by atoms with Crippen LogP contribution in [0.3, 0.4) is 0 Å². The van der Waals surface area contributed by atoms with Crippen LogP contribution in [0.1, 0.15) is 10.7 Å². The first-order valence-electron chi connectivity index (χ1n) is 7.61. The quantitative estimate of drug-likeness (QED) is 0.584. The second kappa shape index (κ2) is 9.09. The van der Waals surface area contributed by atoms with Gasteiger partial charge in [0.05, 0.1) is 13.1 Å². The molecule has 142 valence electrons. The van der Waals surface area contributed by atoms with Crippen molar-refractivity contribution in [2.75, 3.05) is 27.2 Å². The van der Waals surface area contributed by atoms with Crippen LogP contribution in [0.15, 0.2) is 34.6 Å². The number of hydrogen-bond donors (Lipinski definition) is 1. The molecule has 0 saturated heterocycles. The van der Waals surface area contributed by atoms with Gasteiger partial charge in [-0.1, -0.05) is 17.7 Å². The summed E-state index contributed by atoms with van der Waals surface area (Å²) in [5.74, 6) is 1.19. The van der Waals surface area contributed by atoms with E-state index in [-0.39, 0.29) is 6.54 Å². The van der Waals surface area contributed by atoms with Crippen LogP contribution < -0.4 is 10.1 Å². The van der Waals surface area contributed by atoms with Crippen LogP contribution in [0.5, 0.6) is 5.75 Å². The Morgan fingerprint density at radius 1 is 1.42 bits per heavy atom. The summed E-state index contributed by atoms with van der Waals surface area (Å²) in [4.78, 5) is 9.49. The summed E-state index contributed by atoms with van der Waals surface area (Å²) in [6.45, 7) is 1.08. The lowest BCUT2D eigenvalue weighted by Crippen LogP contribution is -2.40. The molecule has 0 spiro atoms. The van der Waals surface area contributed by atoms with Gasteiger partial charge in [-0.25, -0.2) is 4.98 Å². The fourth-order valence-electron chi connectivity index (χ4n) is 2.02. The van der Waals surface area contributed by atoms with Crippen molar-refractivity contribution in [1.29, 1.82) is 0 Å². The molecule has 0 amide bonds. The molecule has 1 heterocycles. The van der Waals surface area contributed by atoms with Gasteiger partial charge in [0.1, 0.15) is 17.4 Å². The summed E-state index contributed by atoms with van der Waals surface area (Å²) in [7, 11) is 3.40. The number of likely N-dealkylation sites (N-methyl/N-ethyl adjacent to an activating group) is 1. The minimum Gasteiger partial charge on any atom is -0.492 e. The van der Waals surface area contributed by atoms with Crippen molar-refractivity contribution >= 4 is 28.9 Å². The number of benzene rings is 1. The van der Waals surface area contributed by atoms with Crippen LogP contribution in [0, 0.1) is 0 Å². The van der Waals surface area contributed by atoms with Crippen LogP contribution in [-0.2, 0) is 12.7 Å². The zero-order chi connectivity index (χ0) is 19.2. The van der Waals surface area contributed by atoms with E-state index in [1.54, 1.807) is 38.4 Å². The molecule has 0 atom stereocenters. The number of rotatable bonds is 6. The first-order valence-corrected chi connectivity index (χ1v) is 8.87. The highest BCUT2D eigenvalue weighted by Gasteiger charge is 2.33. The van der Waals surface area contributed by atoms with Crippen molar-refractivity contribution < 1.29 is 17.9 Å². The van der Waals surface area contributed by atoms with E-state index in [1.807, 2.05) is 4.90 Å². The van der Waals surface area contributed by atoms with Gasteiger partial charge >= 0.3 is 6.18 Å². The molecular formula is C16H18ClF3N4OS. The second-order valence-corrected chi connectivity index (χ2v) is 6.63. The van der Waals surface area contributed by atoms with Crippen molar-refractivity contribution in [3.63, 3.8) is 0 Å². The number of alkyl halides is 3. The number of ether oxygens (including phenoxy) is 1. The van der Waals surface area contributed by atoms with Crippen LogP contribution in [0.2, 0.25) is 5.02 Å². The summed E-state index contributed by atoms with van der Waals surface area (Å²) < 4.78 is 43.3. The van der Waals surface area contributed by atoms with Crippen molar-refractivity contribution in [2.24, 2.45) is 4.99 Å². The first kappa shape index (κ1) is 20.3. The highest BCUT2D eigenvalue weighted by molar-refractivity contribution is 7.09. The Kier molecular flexibility index (Phi) is 7.10. The van der Waals surface area contributed by atoms with Gasteiger partial charge in [-0.3, -0.25) is 4.99 Å². The number of guanidine groups is 1. The number of nitrogens with one attached hydrogen (secondary N) is 1. The molecule has 26 heavy (non-hydrogen) atoms. The lowest BCUT2D eigenvalue weighted by molar-refractivity contribution is -0.140. The van der Waals surface area contributed by atoms with Crippen molar-refractivity contribution in [3.05, 3.63) is 45.4 Å². The molecule has 5 nitrogen and oxygen atoms in total. The maximum Gasteiger partial charge on any atom is 0.434 e. The van der Waals surface area contributed by atoms with Crippen molar-refractivity contribution in [1.82, 2.24) is 15.2 Å². The molecule has 2 aromatic rings. The number of aliphatic imine (C=N–C) groups is 1. The minimum absolute atomic E-state index is 0.160. The third kappa shape index (κ3) is 6.06. The first-order chi connectivity index (χ1) is 12.3. The Bertz CT molecular complexity index is 751. The molecule has 0 aliphatic rings. The predicted molar refractivity (Wildman–Crippen MR) is 96.9 cm³/mol. The lowest BCUT2D eigenvalue weighted by atomic mass is 10.3. The third-order valence-corrected chi connectivity index (χ3v) is 4.39. The molecule has 2 rings (SSSR count). The molecule has 10 heteroatoms. The summed E-state index contributed by atoms with van der Waals surface area (Å²) in [6.07, 6.45) is -4.43. The van der Waals surface area contributed by atoms with Gasteiger partial charge in [-0.15, -0.1) is 11.3 Å². The average molecular weight is 407 g/mol. The summed E-state index contributed by atoms with van der Waals surface area (Å²) in [5, 5.41) is 4.92. The number of nitrogens with zero attached hydrogens (tertiary/aromatic N) is 3. The van der Waals surface area contributed by atoms with E-state index in [2.05, 4.69) is 15.3 Å². The zero-order valence-electron chi connectivity index (χ0n) is 14.2. The van der Waals surface area contributed by atoms with E-state index in [1.165, 1.54) is 0 Å². The molecule has 0 bridgehead atoms. The van der Waals surface area contributed by atoms with E-state index < -0.39 is 11.9 Å². The van der Waals surface area contributed by atoms with Crippen molar-refractivity contribution in [2.45, 2.75) is 12.7 Å².